The average molecular weight is 172 g/mol. The zero-order chi connectivity index (χ0) is 9.72. The summed E-state index contributed by atoms with van der Waals surface area (Å²) in [7, 11) is 0. The van der Waals surface area contributed by atoms with E-state index in [0.717, 1.165) is 6.08 Å². The molecule has 0 heterocycles. The Bertz CT molecular complexity index is 222. The first kappa shape index (κ1) is 11.1. The molecule has 0 spiro atoms. The van der Waals surface area contributed by atoms with Crippen molar-refractivity contribution >= 4 is 0 Å². The third-order valence-corrected chi connectivity index (χ3v) is 1.50. The van der Waals surface area contributed by atoms with Crippen LogP contribution in [-0.4, -0.2) is 0 Å². The van der Waals surface area contributed by atoms with Gasteiger partial charge in [-0.1, -0.05) is 26.5 Å². The quantitative estimate of drug-likeness (QED) is 0.566. The summed E-state index contributed by atoms with van der Waals surface area (Å²) in [5, 5.41) is 0. The molecule has 0 aliphatic carbocycles. The second-order valence-corrected chi connectivity index (χ2v) is 2.84. The molecule has 0 aliphatic heterocycles. The van der Waals surface area contributed by atoms with Gasteiger partial charge in [-0.05, 0) is 24.5 Å². The summed E-state index contributed by atoms with van der Waals surface area (Å²) in [6.07, 6.45) is 2.53. The van der Waals surface area contributed by atoms with Gasteiger partial charge in [0.15, 0.2) is 11.7 Å². The van der Waals surface area contributed by atoms with Crippen molar-refractivity contribution in [2.75, 3.05) is 0 Å². The van der Waals surface area contributed by atoms with Crippen LogP contribution in [0.3, 0.4) is 0 Å². The maximum absolute atomic E-state index is 13.0. The van der Waals surface area contributed by atoms with Gasteiger partial charge in [0, 0.05) is 0 Å². The molecule has 0 atom stereocenters. The van der Waals surface area contributed by atoms with Gasteiger partial charge >= 0.3 is 0 Å². The summed E-state index contributed by atoms with van der Waals surface area (Å²) in [5.41, 5.74) is 0.200. The molecule has 0 bridgehead atoms. The predicted molar refractivity (Wildman–Crippen MR) is 48.0 cm³/mol. The van der Waals surface area contributed by atoms with Crippen molar-refractivity contribution in [3.63, 3.8) is 0 Å². The third-order valence-electron chi connectivity index (χ3n) is 1.50. The standard InChI is InChI=1S/C10H14F2/c1-5-6-9(11)10(12)8(4)7(2)3/h5-7H,4H2,1-3H3/b6-5-,10-9-. The fourth-order valence-corrected chi connectivity index (χ4v) is 0.626. The molecule has 0 N–H and O–H groups in total. The Morgan fingerprint density at radius 1 is 1.33 bits per heavy atom. The maximum atomic E-state index is 13.0. The molecule has 0 amide bonds. The second-order valence-electron chi connectivity index (χ2n) is 2.84. The largest absolute Gasteiger partial charge is 0.204 e. The number of halogens is 2. The SMILES string of the molecule is C=C(/C(F)=C(F)\C=C/C)C(C)C. The summed E-state index contributed by atoms with van der Waals surface area (Å²) in [4.78, 5) is 0. The molecule has 0 nitrogen and oxygen atoms in total. The molecular formula is C10H14F2. The van der Waals surface area contributed by atoms with E-state index in [-0.39, 0.29) is 11.5 Å². The van der Waals surface area contributed by atoms with E-state index in [9.17, 15) is 8.78 Å². The lowest BCUT2D eigenvalue weighted by molar-refractivity contribution is 0.543. The molecule has 0 radical (unpaired) electrons. The van der Waals surface area contributed by atoms with Gasteiger partial charge in [-0.25, -0.2) is 8.78 Å². The molecule has 12 heavy (non-hydrogen) atoms. The second kappa shape index (κ2) is 4.86. The number of allylic oxidation sites excluding steroid dienone is 5. The minimum atomic E-state index is -0.851. The topological polar surface area (TPSA) is 0 Å². The van der Waals surface area contributed by atoms with Gasteiger partial charge in [-0.15, -0.1) is 0 Å². The van der Waals surface area contributed by atoms with Gasteiger partial charge in [0.1, 0.15) is 0 Å². The zero-order valence-corrected chi connectivity index (χ0v) is 7.70. The Hall–Kier alpha value is -0.920. The van der Waals surface area contributed by atoms with Crippen molar-refractivity contribution in [1.82, 2.24) is 0 Å². The number of hydrogen-bond acceptors (Lipinski definition) is 0. The first-order chi connectivity index (χ1) is 5.50. The Morgan fingerprint density at radius 2 is 1.83 bits per heavy atom. The van der Waals surface area contributed by atoms with E-state index in [1.807, 2.05) is 0 Å². The molecule has 0 saturated carbocycles. The molecule has 0 aromatic carbocycles. The fourth-order valence-electron chi connectivity index (χ4n) is 0.626. The molecule has 0 aliphatic rings. The van der Waals surface area contributed by atoms with Gasteiger partial charge in [0.2, 0.25) is 0 Å². The van der Waals surface area contributed by atoms with Gasteiger partial charge in [-0.2, -0.15) is 0 Å². The van der Waals surface area contributed by atoms with Gasteiger partial charge in [-0.3, -0.25) is 0 Å². The monoisotopic (exact) mass is 172 g/mol. The van der Waals surface area contributed by atoms with E-state index in [2.05, 4.69) is 6.58 Å². The van der Waals surface area contributed by atoms with Crippen molar-refractivity contribution in [1.29, 1.82) is 0 Å². The van der Waals surface area contributed by atoms with Crippen LogP contribution in [0.15, 0.2) is 36.0 Å². The summed E-state index contributed by atoms with van der Waals surface area (Å²) in [6.45, 7) is 8.62. The highest BCUT2D eigenvalue weighted by Crippen LogP contribution is 2.23. The van der Waals surface area contributed by atoms with Crippen molar-refractivity contribution in [3.8, 4) is 0 Å². The molecule has 0 aromatic rings. The maximum Gasteiger partial charge on any atom is 0.161 e. The normalized spacial score (nSPS) is 13.8. The van der Waals surface area contributed by atoms with Crippen LogP contribution in [0, 0.1) is 5.92 Å². The van der Waals surface area contributed by atoms with Gasteiger partial charge in [0.05, 0.1) is 0 Å². The van der Waals surface area contributed by atoms with Crippen LogP contribution in [-0.2, 0) is 0 Å². The Morgan fingerprint density at radius 3 is 2.17 bits per heavy atom. The smallest absolute Gasteiger partial charge is 0.161 e. The van der Waals surface area contributed by atoms with Crippen LogP contribution in [0.25, 0.3) is 0 Å². The van der Waals surface area contributed by atoms with E-state index in [1.165, 1.54) is 6.08 Å². The molecule has 0 aromatic heterocycles. The zero-order valence-electron chi connectivity index (χ0n) is 7.70. The van der Waals surface area contributed by atoms with E-state index in [0.29, 0.717) is 0 Å². The first-order valence-corrected chi connectivity index (χ1v) is 3.87. The minimum Gasteiger partial charge on any atom is -0.204 e. The van der Waals surface area contributed by atoms with E-state index >= 15 is 0 Å². The first-order valence-electron chi connectivity index (χ1n) is 3.87. The summed E-state index contributed by atoms with van der Waals surface area (Å²) >= 11 is 0. The molecule has 0 saturated heterocycles. The van der Waals surface area contributed by atoms with Crippen molar-refractivity contribution in [2.45, 2.75) is 20.8 Å². The van der Waals surface area contributed by atoms with Crippen molar-refractivity contribution < 1.29 is 8.78 Å². The Kier molecular flexibility index (Phi) is 4.49. The van der Waals surface area contributed by atoms with Crippen LogP contribution >= 0.6 is 0 Å². The van der Waals surface area contributed by atoms with Crippen molar-refractivity contribution in [2.24, 2.45) is 5.92 Å². The molecule has 0 fully saturated rings. The van der Waals surface area contributed by atoms with E-state index < -0.39 is 11.7 Å². The lowest BCUT2D eigenvalue weighted by Gasteiger charge is -2.06. The Labute approximate surface area is 72.3 Å². The lowest BCUT2D eigenvalue weighted by atomic mass is 10.0. The van der Waals surface area contributed by atoms with Crippen LogP contribution < -0.4 is 0 Å². The average Bonchev–Trinajstić information content (AvgIpc) is 2.02. The van der Waals surface area contributed by atoms with Crippen molar-refractivity contribution in [3.05, 3.63) is 36.0 Å². The van der Waals surface area contributed by atoms with E-state index in [4.69, 9.17) is 0 Å². The highest BCUT2D eigenvalue weighted by atomic mass is 19.2. The van der Waals surface area contributed by atoms with Crippen LogP contribution in [0.1, 0.15) is 20.8 Å². The highest BCUT2D eigenvalue weighted by molar-refractivity contribution is 5.30. The third kappa shape index (κ3) is 2.99. The molecule has 0 unspecified atom stereocenters. The predicted octanol–water partition coefficient (Wildman–Crippen LogP) is 3.93. The lowest BCUT2D eigenvalue weighted by Crippen LogP contribution is -1.93. The molecule has 2 heteroatoms. The van der Waals surface area contributed by atoms with Crippen LogP contribution in [0.5, 0.6) is 0 Å². The summed E-state index contributed by atoms with van der Waals surface area (Å²) in [6, 6.07) is 0. The summed E-state index contributed by atoms with van der Waals surface area (Å²) in [5.74, 6) is -1.76. The van der Waals surface area contributed by atoms with Gasteiger partial charge in [0.25, 0.3) is 0 Å². The van der Waals surface area contributed by atoms with Crippen LogP contribution in [0.4, 0.5) is 8.78 Å². The molecular weight excluding hydrogens is 158 g/mol. The number of rotatable bonds is 3. The minimum absolute atomic E-state index is 0.0685. The van der Waals surface area contributed by atoms with Crippen LogP contribution in [0.2, 0.25) is 0 Å². The molecule has 68 valence electrons. The highest BCUT2D eigenvalue weighted by Gasteiger charge is 2.10. The fraction of sp³-hybridized carbons (Fsp3) is 0.400. The Balaban J connectivity index is 4.66. The summed E-state index contributed by atoms with van der Waals surface area (Å²) < 4.78 is 25.7. The number of hydrogen-bond donors (Lipinski definition) is 0. The molecule has 0 rings (SSSR count). The van der Waals surface area contributed by atoms with Gasteiger partial charge < -0.3 is 0 Å². The van der Waals surface area contributed by atoms with E-state index in [1.54, 1.807) is 20.8 Å².